The molecule has 2 aromatic carbocycles. The van der Waals surface area contributed by atoms with Crippen LogP contribution in [0.3, 0.4) is 0 Å². The highest BCUT2D eigenvalue weighted by Gasteiger charge is 2.21. The summed E-state index contributed by atoms with van der Waals surface area (Å²) in [5.41, 5.74) is 1.44. The second-order valence-electron chi connectivity index (χ2n) is 5.35. The van der Waals surface area contributed by atoms with Gasteiger partial charge in [0.05, 0.1) is 0 Å². The van der Waals surface area contributed by atoms with Crippen LogP contribution in [0, 0.1) is 5.92 Å². The Bertz CT molecular complexity index is 554. The van der Waals surface area contributed by atoms with Crippen molar-refractivity contribution < 1.29 is 9.90 Å². The zero-order valence-electron chi connectivity index (χ0n) is 12.0. The molecule has 0 bridgehead atoms. The van der Waals surface area contributed by atoms with Crippen molar-refractivity contribution in [3.63, 3.8) is 0 Å². The molecule has 0 heterocycles. The Hall–Kier alpha value is -1.67. The third-order valence-electron chi connectivity index (χ3n) is 4.21. The Morgan fingerprint density at radius 1 is 0.950 bits per heavy atom. The van der Waals surface area contributed by atoms with E-state index in [1.807, 2.05) is 0 Å². The average Bonchev–Trinajstić information content (AvgIpc) is 2.56. The Kier molecular flexibility index (Phi) is 5.31. The summed E-state index contributed by atoms with van der Waals surface area (Å²) in [4.78, 5) is 10.8. The molecule has 2 nitrogen and oxygen atoms in total. The van der Waals surface area contributed by atoms with Crippen molar-refractivity contribution in [2.75, 3.05) is 7.11 Å². The molecule has 1 aliphatic carbocycles. The number of hydrogen-bond donors (Lipinski definition) is 1. The third kappa shape index (κ3) is 3.26. The number of aliphatic hydroxyl groups is 1. The smallest absolute Gasteiger partial charge is 0.123 e. The fraction of sp³-hybridized carbons (Fsp3) is 0.389. The van der Waals surface area contributed by atoms with Gasteiger partial charge in [-0.15, -0.1) is 0 Å². The van der Waals surface area contributed by atoms with E-state index in [-0.39, 0.29) is 0 Å². The number of aliphatic hydroxyl groups excluding tert-OH is 1. The molecule has 0 radical (unpaired) electrons. The summed E-state index contributed by atoms with van der Waals surface area (Å²) in [6, 6.07) is 15.3. The Morgan fingerprint density at radius 2 is 1.60 bits per heavy atom. The quantitative estimate of drug-likeness (QED) is 0.840. The van der Waals surface area contributed by atoms with Gasteiger partial charge in [-0.3, -0.25) is 0 Å². The standard InChI is InChI=1S/C17H18O.CH4O/c18-12-13-5-7-15(8-6-13)17-10-9-14-3-1-2-4-16(14)11-17;1-2/h1-4,9-13,15H,5-8H2;2H,1H3. The number of carbonyl (C=O) groups excluding carboxylic acids is 1. The lowest BCUT2D eigenvalue weighted by Gasteiger charge is -2.25. The molecule has 1 saturated carbocycles. The van der Waals surface area contributed by atoms with Gasteiger partial charge in [0.25, 0.3) is 0 Å². The van der Waals surface area contributed by atoms with E-state index < -0.39 is 0 Å². The van der Waals surface area contributed by atoms with E-state index in [9.17, 15) is 4.79 Å². The van der Waals surface area contributed by atoms with Crippen molar-refractivity contribution in [1.29, 1.82) is 0 Å². The summed E-state index contributed by atoms with van der Waals surface area (Å²) >= 11 is 0. The highest BCUT2D eigenvalue weighted by Crippen LogP contribution is 2.35. The summed E-state index contributed by atoms with van der Waals surface area (Å²) in [5.74, 6) is 0.951. The predicted octanol–water partition coefficient (Wildman–Crippen LogP) is 3.92. The van der Waals surface area contributed by atoms with Crippen molar-refractivity contribution in [3.8, 4) is 0 Å². The predicted molar refractivity (Wildman–Crippen MR) is 82.9 cm³/mol. The molecule has 106 valence electrons. The van der Waals surface area contributed by atoms with Gasteiger partial charge in [-0.25, -0.2) is 0 Å². The summed E-state index contributed by atoms with van der Waals surface area (Å²) in [7, 11) is 1.00. The average molecular weight is 270 g/mol. The number of rotatable bonds is 2. The van der Waals surface area contributed by atoms with Crippen LogP contribution in [-0.4, -0.2) is 18.5 Å². The lowest BCUT2D eigenvalue weighted by atomic mass is 9.79. The van der Waals surface area contributed by atoms with Gasteiger partial charge in [0.15, 0.2) is 0 Å². The number of fused-ring (bicyclic) bond motifs is 1. The second kappa shape index (κ2) is 7.20. The molecule has 0 spiro atoms. The van der Waals surface area contributed by atoms with Crippen LogP contribution >= 0.6 is 0 Å². The molecule has 0 amide bonds. The normalized spacial score (nSPS) is 21.9. The molecule has 2 heteroatoms. The summed E-state index contributed by atoms with van der Waals surface area (Å²) in [6.45, 7) is 0. The van der Waals surface area contributed by atoms with Gasteiger partial charge in [-0.2, -0.15) is 0 Å². The van der Waals surface area contributed by atoms with Gasteiger partial charge >= 0.3 is 0 Å². The van der Waals surface area contributed by atoms with Crippen molar-refractivity contribution in [2.45, 2.75) is 31.6 Å². The molecule has 2 aromatic rings. The summed E-state index contributed by atoms with van der Waals surface area (Å²) < 4.78 is 0. The molecule has 3 rings (SSSR count). The van der Waals surface area contributed by atoms with Crippen LogP contribution in [0.25, 0.3) is 10.8 Å². The molecule has 20 heavy (non-hydrogen) atoms. The van der Waals surface area contributed by atoms with Gasteiger partial charge in [0.1, 0.15) is 6.29 Å². The fourth-order valence-corrected chi connectivity index (χ4v) is 3.05. The first-order valence-electron chi connectivity index (χ1n) is 7.25. The number of hydrogen-bond acceptors (Lipinski definition) is 2. The van der Waals surface area contributed by atoms with Crippen LogP contribution < -0.4 is 0 Å². The number of carbonyl (C=O) groups is 1. The maximum atomic E-state index is 10.8. The van der Waals surface area contributed by atoms with Gasteiger partial charge in [-0.1, -0.05) is 42.5 Å². The van der Waals surface area contributed by atoms with Crippen molar-refractivity contribution in [1.82, 2.24) is 0 Å². The monoisotopic (exact) mass is 270 g/mol. The maximum Gasteiger partial charge on any atom is 0.123 e. The van der Waals surface area contributed by atoms with E-state index in [2.05, 4.69) is 42.5 Å². The molecule has 1 N–H and O–H groups in total. The van der Waals surface area contributed by atoms with Crippen LogP contribution in [0.2, 0.25) is 0 Å². The highest BCUT2D eigenvalue weighted by atomic mass is 16.2. The first kappa shape index (κ1) is 14.7. The highest BCUT2D eigenvalue weighted by molar-refractivity contribution is 5.83. The lowest BCUT2D eigenvalue weighted by molar-refractivity contribution is -0.111. The first-order valence-corrected chi connectivity index (χ1v) is 7.25. The van der Waals surface area contributed by atoms with Crippen molar-refractivity contribution in [3.05, 3.63) is 48.0 Å². The summed E-state index contributed by atoms with van der Waals surface area (Å²) in [5, 5.41) is 9.63. The zero-order chi connectivity index (χ0) is 14.4. The van der Waals surface area contributed by atoms with Crippen LogP contribution in [0.1, 0.15) is 37.2 Å². The summed E-state index contributed by atoms with van der Waals surface area (Å²) in [6.07, 6.45) is 5.56. The molecule has 0 saturated heterocycles. The van der Waals surface area contributed by atoms with Crippen LogP contribution in [-0.2, 0) is 4.79 Å². The van der Waals surface area contributed by atoms with E-state index in [1.54, 1.807) is 0 Å². The third-order valence-corrected chi connectivity index (χ3v) is 4.21. The van der Waals surface area contributed by atoms with E-state index >= 15 is 0 Å². The van der Waals surface area contributed by atoms with Gasteiger partial charge in [-0.05, 0) is 47.9 Å². The van der Waals surface area contributed by atoms with Gasteiger partial charge < -0.3 is 9.90 Å². The van der Waals surface area contributed by atoms with Gasteiger partial charge in [0.2, 0.25) is 0 Å². The van der Waals surface area contributed by atoms with Crippen molar-refractivity contribution in [2.24, 2.45) is 5.92 Å². The molecule has 0 aliphatic heterocycles. The number of aldehydes is 1. The zero-order valence-corrected chi connectivity index (χ0v) is 12.0. The van der Waals surface area contributed by atoms with Crippen molar-refractivity contribution >= 4 is 17.1 Å². The molecular formula is C18H22O2. The minimum absolute atomic E-state index is 0.307. The van der Waals surface area contributed by atoms with Crippen LogP contribution in [0.5, 0.6) is 0 Å². The maximum absolute atomic E-state index is 10.8. The molecule has 0 atom stereocenters. The Balaban J connectivity index is 0.000000704. The largest absolute Gasteiger partial charge is 0.400 e. The SMILES string of the molecule is CO.O=CC1CCC(c2ccc3ccccc3c2)CC1. The molecular weight excluding hydrogens is 248 g/mol. The minimum atomic E-state index is 0.307. The van der Waals surface area contributed by atoms with Gasteiger partial charge in [0, 0.05) is 13.0 Å². The molecule has 0 aromatic heterocycles. The van der Waals surface area contributed by atoms with E-state index in [0.717, 1.165) is 39.1 Å². The topological polar surface area (TPSA) is 37.3 Å². The lowest BCUT2D eigenvalue weighted by Crippen LogP contribution is -2.14. The number of benzene rings is 2. The minimum Gasteiger partial charge on any atom is -0.400 e. The Morgan fingerprint density at radius 3 is 2.25 bits per heavy atom. The van der Waals surface area contributed by atoms with Crippen LogP contribution in [0.15, 0.2) is 42.5 Å². The molecule has 1 aliphatic rings. The van der Waals surface area contributed by atoms with Crippen LogP contribution in [0.4, 0.5) is 0 Å². The molecule has 1 fully saturated rings. The molecule has 0 unspecified atom stereocenters. The fourth-order valence-electron chi connectivity index (χ4n) is 3.05. The van der Waals surface area contributed by atoms with E-state index in [4.69, 9.17) is 5.11 Å². The van der Waals surface area contributed by atoms with E-state index in [0.29, 0.717) is 11.8 Å². The van der Waals surface area contributed by atoms with E-state index in [1.165, 1.54) is 16.3 Å². The second-order valence-corrected chi connectivity index (χ2v) is 5.35. The Labute approximate surface area is 120 Å². The first-order chi connectivity index (χ1) is 9.86.